The molecule has 0 saturated carbocycles. The fourth-order valence-corrected chi connectivity index (χ4v) is 2.20. The van der Waals surface area contributed by atoms with Gasteiger partial charge in [0, 0.05) is 17.6 Å². The predicted molar refractivity (Wildman–Crippen MR) is 63.3 cm³/mol. The highest BCUT2D eigenvalue weighted by Crippen LogP contribution is 2.13. The third kappa shape index (κ3) is 2.90. The molecule has 0 unspecified atom stereocenters. The first kappa shape index (κ1) is 11.3. The third-order valence-corrected chi connectivity index (χ3v) is 3.29. The van der Waals surface area contributed by atoms with Gasteiger partial charge in [-0.2, -0.15) is 0 Å². The molecule has 2 aromatic heterocycles. The highest BCUT2D eigenvalue weighted by atomic mass is 32.1. The molecular weight excluding hydrogens is 222 g/mol. The Morgan fingerprint density at radius 1 is 1.31 bits per heavy atom. The molecule has 0 aliphatic carbocycles. The summed E-state index contributed by atoms with van der Waals surface area (Å²) in [5, 5.41) is 4.47. The van der Waals surface area contributed by atoms with Crippen molar-refractivity contribution in [2.75, 3.05) is 0 Å². The molecule has 5 heteroatoms. The Bertz CT molecular complexity index is 450. The first-order valence-corrected chi connectivity index (χ1v) is 6.15. The Hall–Kier alpha value is -1.20. The molecule has 0 spiro atoms. The lowest BCUT2D eigenvalue weighted by Crippen LogP contribution is -2.11. The molecule has 2 heterocycles. The standard InChI is InChI=1S/C11H15N3OS/c1-3-11-14-6-9(16-11)5-12-7-10-13-4-8(2)15-10/h4,6,12H,3,5,7H2,1-2H3. The monoisotopic (exact) mass is 237 g/mol. The van der Waals surface area contributed by atoms with E-state index in [1.54, 1.807) is 17.5 Å². The SMILES string of the molecule is CCc1ncc(CNCc2ncc(C)o2)s1. The van der Waals surface area contributed by atoms with Crippen molar-refractivity contribution in [3.63, 3.8) is 0 Å². The molecule has 0 aromatic carbocycles. The lowest BCUT2D eigenvalue weighted by molar-refractivity contribution is 0.449. The van der Waals surface area contributed by atoms with Crippen LogP contribution in [0.3, 0.4) is 0 Å². The number of hydrogen-bond donors (Lipinski definition) is 1. The summed E-state index contributed by atoms with van der Waals surface area (Å²) in [4.78, 5) is 9.68. The number of nitrogens with zero attached hydrogens (tertiary/aromatic N) is 2. The number of aryl methyl sites for hydroxylation is 2. The number of oxazole rings is 1. The van der Waals surface area contributed by atoms with Crippen molar-refractivity contribution in [3.8, 4) is 0 Å². The molecule has 0 bridgehead atoms. The lowest BCUT2D eigenvalue weighted by Gasteiger charge is -1.98. The van der Waals surface area contributed by atoms with Crippen LogP contribution < -0.4 is 5.32 Å². The maximum absolute atomic E-state index is 5.36. The summed E-state index contributed by atoms with van der Waals surface area (Å²) < 4.78 is 5.36. The smallest absolute Gasteiger partial charge is 0.208 e. The van der Waals surface area contributed by atoms with Gasteiger partial charge >= 0.3 is 0 Å². The van der Waals surface area contributed by atoms with E-state index >= 15 is 0 Å². The van der Waals surface area contributed by atoms with Crippen LogP contribution >= 0.6 is 11.3 Å². The van der Waals surface area contributed by atoms with Gasteiger partial charge in [-0.1, -0.05) is 6.92 Å². The second-order valence-corrected chi connectivity index (χ2v) is 4.74. The third-order valence-electron chi connectivity index (χ3n) is 2.15. The van der Waals surface area contributed by atoms with Crippen molar-refractivity contribution in [2.24, 2.45) is 0 Å². The van der Waals surface area contributed by atoms with E-state index in [4.69, 9.17) is 4.42 Å². The quantitative estimate of drug-likeness (QED) is 0.867. The van der Waals surface area contributed by atoms with Crippen LogP contribution in [0.2, 0.25) is 0 Å². The zero-order chi connectivity index (χ0) is 11.4. The molecule has 16 heavy (non-hydrogen) atoms. The molecule has 2 rings (SSSR count). The Labute approximate surface area is 98.7 Å². The number of rotatable bonds is 5. The van der Waals surface area contributed by atoms with Crippen molar-refractivity contribution in [1.29, 1.82) is 0 Å². The van der Waals surface area contributed by atoms with E-state index in [2.05, 4.69) is 22.2 Å². The van der Waals surface area contributed by atoms with Crippen molar-refractivity contribution in [1.82, 2.24) is 15.3 Å². The number of nitrogens with one attached hydrogen (secondary N) is 1. The minimum absolute atomic E-state index is 0.660. The fraction of sp³-hybridized carbons (Fsp3) is 0.455. The molecule has 0 aliphatic rings. The number of hydrogen-bond acceptors (Lipinski definition) is 5. The minimum Gasteiger partial charge on any atom is -0.445 e. The van der Waals surface area contributed by atoms with Crippen LogP contribution in [0.5, 0.6) is 0 Å². The molecule has 4 nitrogen and oxygen atoms in total. The number of aromatic nitrogens is 2. The van der Waals surface area contributed by atoms with Crippen LogP contribution in [-0.2, 0) is 19.5 Å². The molecule has 0 saturated heterocycles. The zero-order valence-corrected chi connectivity index (χ0v) is 10.3. The van der Waals surface area contributed by atoms with Crippen LogP contribution in [0.25, 0.3) is 0 Å². The van der Waals surface area contributed by atoms with E-state index in [0.29, 0.717) is 6.54 Å². The second kappa shape index (κ2) is 5.23. The van der Waals surface area contributed by atoms with Crippen LogP contribution in [0.4, 0.5) is 0 Å². The fourth-order valence-electron chi connectivity index (χ4n) is 1.37. The highest BCUT2D eigenvalue weighted by Gasteiger charge is 2.02. The summed E-state index contributed by atoms with van der Waals surface area (Å²) in [7, 11) is 0. The Kier molecular flexibility index (Phi) is 3.69. The minimum atomic E-state index is 0.660. The second-order valence-electron chi connectivity index (χ2n) is 3.54. The first-order valence-electron chi connectivity index (χ1n) is 5.33. The summed E-state index contributed by atoms with van der Waals surface area (Å²) in [5.74, 6) is 1.58. The summed E-state index contributed by atoms with van der Waals surface area (Å²) in [6.07, 6.45) is 4.67. The van der Waals surface area contributed by atoms with Gasteiger partial charge in [0.05, 0.1) is 17.7 Å². The molecule has 86 valence electrons. The molecule has 0 atom stereocenters. The normalized spacial score (nSPS) is 10.9. The Morgan fingerprint density at radius 2 is 2.19 bits per heavy atom. The van der Waals surface area contributed by atoms with Crippen molar-refractivity contribution in [2.45, 2.75) is 33.4 Å². The van der Waals surface area contributed by atoms with E-state index in [9.17, 15) is 0 Å². The molecule has 0 aliphatic heterocycles. The van der Waals surface area contributed by atoms with Crippen molar-refractivity contribution in [3.05, 3.63) is 33.9 Å². The van der Waals surface area contributed by atoms with Gasteiger partial charge in [0.25, 0.3) is 0 Å². The van der Waals surface area contributed by atoms with Gasteiger partial charge in [-0.15, -0.1) is 11.3 Å². The summed E-state index contributed by atoms with van der Waals surface area (Å²) in [5.41, 5.74) is 0. The van der Waals surface area contributed by atoms with Gasteiger partial charge < -0.3 is 9.73 Å². The van der Waals surface area contributed by atoms with E-state index in [0.717, 1.165) is 24.6 Å². The lowest BCUT2D eigenvalue weighted by atomic mass is 10.5. The highest BCUT2D eigenvalue weighted by molar-refractivity contribution is 7.11. The van der Waals surface area contributed by atoms with Crippen molar-refractivity contribution >= 4 is 11.3 Å². The van der Waals surface area contributed by atoms with Gasteiger partial charge in [0.15, 0.2) is 0 Å². The molecule has 1 N–H and O–H groups in total. The maximum atomic E-state index is 5.36. The molecule has 0 radical (unpaired) electrons. The van der Waals surface area contributed by atoms with Crippen molar-refractivity contribution < 1.29 is 4.42 Å². The van der Waals surface area contributed by atoms with Crippen LogP contribution in [-0.4, -0.2) is 9.97 Å². The van der Waals surface area contributed by atoms with E-state index < -0.39 is 0 Å². The summed E-state index contributed by atoms with van der Waals surface area (Å²) in [6, 6.07) is 0. The Balaban J connectivity index is 1.79. The average Bonchev–Trinajstić information content (AvgIpc) is 2.88. The maximum Gasteiger partial charge on any atom is 0.208 e. The van der Waals surface area contributed by atoms with Crippen LogP contribution in [0, 0.1) is 6.92 Å². The average molecular weight is 237 g/mol. The van der Waals surface area contributed by atoms with Gasteiger partial charge in [0.2, 0.25) is 5.89 Å². The predicted octanol–water partition coefficient (Wildman–Crippen LogP) is 2.29. The zero-order valence-electron chi connectivity index (χ0n) is 9.49. The molecule has 0 fully saturated rings. The van der Waals surface area contributed by atoms with E-state index in [1.165, 1.54) is 9.88 Å². The van der Waals surface area contributed by atoms with Crippen LogP contribution in [0.15, 0.2) is 16.8 Å². The van der Waals surface area contributed by atoms with Gasteiger partial charge in [0.1, 0.15) is 5.76 Å². The largest absolute Gasteiger partial charge is 0.445 e. The molecular formula is C11H15N3OS. The molecule has 0 amide bonds. The molecule has 2 aromatic rings. The Morgan fingerprint density at radius 3 is 2.81 bits per heavy atom. The topological polar surface area (TPSA) is 51.0 Å². The van der Waals surface area contributed by atoms with Gasteiger partial charge in [-0.3, -0.25) is 0 Å². The first-order chi connectivity index (χ1) is 7.78. The summed E-state index contributed by atoms with van der Waals surface area (Å²) >= 11 is 1.75. The van der Waals surface area contributed by atoms with Gasteiger partial charge in [-0.25, -0.2) is 9.97 Å². The van der Waals surface area contributed by atoms with Gasteiger partial charge in [-0.05, 0) is 13.3 Å². The van der Waals surface area contributed by atoms with E-state index in [1.807, 2.05) is 13.1 Å². The van der Waals surface area contributed by atoms with E-state index in [-0.39, 0.29) is 0 Å². The number of thiazole rings is 1. The van der Waals surface area contributed by atoms with Crippen LogP contribution in [0.1, 0.15) is 28.5 Å². The summed E-state index contributed by atoms with van der Waals surface area (Å²) in [6.45, 7) is 5.49.